The lowest BCUT2D eigenvalue weighted by Gasteiger charge is -2.12. The second kappa shape index (κ2) is 6.58. The molecule has 2 aromatic rings. The van der Waals surface area contributed by atoms with E-state index in [0.717, 1.165) is 18.1 Å². The molecule has 0 unspecified atom stereocenters. The Labute approximate surface area is 119 Å². The van der Waals surface area contributed by atoms with Gasteiger partial charge in [0.1, 0.15) is 0 Å². The Morgan fingerprint density at radius 1 is 1.20 bits per heavy atom. The van der Waals surface area contributed by atoms with Crippen LogP contribution in [-0.4, -0.2) is 40.5 Å². The molecule has 0 aliphatic rings. The highest BCUT2D eigenvalue weighted by Gasteiger charge is 2.12. The molecule has 0 fully saturated rings. The number of hydrogen-bond acceptors (Lipinski definition) is 5. The first kappa shape index (κ1) is 14.6. The number of rotatable bonds is 6. The van der Waals surface area contributed by atoms with E-state index >= 15 is 0 Å². The van der Waals surface area contributed by atoms with Gasteiger partial charge in [-0.2, -0.15) is 4.68 Å². The molecule has 0 saturated heterocycles. The Morgan fingerprint density at radius 3 is 2.55 bits per heavy atom. The second-order valence-electron chi connectivity index (χ2n) is 4.92. The summed E-state index contributed by atoms with van der Waals surface area (Å²) in [5, 5.41) is 15.3. The molecule has 0 aliphatic heterocycles. The number of hydrogen-bond donors (Lipinski definition) is 1. The summed E-state index contributed by atoms with van der Waals surface area (Å²) < 4.78 is 6.82. The van der Waals surface area contributed by atoms with E-state index in [0.29, 0.717) is 13.2 Å². The third-order valence-corrected chi connectivity index (χ3v) is 3.15. The van der Waals surface area contributed by atoms with E-state index in [1.54, 1.807) is 7.11 Å². The highest BCUT2D eigenvalue weighted by Crippen LogP contribution is 2.20. The molecular formula is C14H21N5O. The highest BCUT2D eigenvalue weighted by molar-refractivity contribution is 5.48. The largest absolute Gasteiger partial charge is 0.383 e. The molecular weight excluding hydrogens is 254 g/mol. The summed E-state index contributed by atoms with van der Waals surface area (Å²) in [5.74, 6) is 0.802. The predicted molar refractivity (Wildman–Crippen MR) is 76.9 cm³/mol. The molecule has 6 heteroatoms. The number of nitrogens with zero attached hydrogens (tertiary/aromatic N) is 4. The summed E-state index contributed by atoms with van der Waals surface area (Å²) in [7, 11) is 1.69. The molecule has 1 aromatic carbocycles. The average Bonchev–Trinajstić information content (AvgIpc) is 2.82. The van der Waals surface area contributed by atoms with Crippen molar-refractivity contribution in [2.75, 3.05) is 20.3 Å². The Kier molecular flexibility index (Phi) is 4.81. The first-order valence-corrected chi connectivity index (χ1v) is 6.68. The van der Waals surface area contributed by atoms with Gasteiger partial charge >= 0.3 is 0 Å². The zero-order chi connectivity index (χ0) is 14.5. The van der Waals surface area contributed by atoms with Crippen LogP contribution in [0.15, 0.2) is 12.1 Å². The van der Waals surface area contributed by atoms with E-state index in [2.05, 4.69) is 53.7 Å². The normalized spacial score (nSPS) is 11.0. The van der Waals surface area contributed by atoms with Crippen molar-refractivity contribution in [1.82, 2.24) is 25.5 Å². The minimum atomic E-state index is 0.614. The standard InChI is InChI=1S/C14H21N5O/c1-10-7-11(2)14(12(3)8-10)19-13(16-17-18-19)9-15-5-6-20-4/h7-8,15H,5-6,9H2,1-4H3. The summed E-state index contributed by atoms with van der Waals surface area (Å²) in [5.41, 5.74) is 4.65. The lowest BCUT2D eigenvalue weighted by molar-refractivity contribution is 0.199. The molecule has 2 rings (SSSR count). The van der Waals surface area contributed by atoms with Gasteiger partial charge in [-0.1, -0.05) is 17.7 Å². The number of nitrogens with one attached hydrogen (secondary N) is 1. The number of aromatic nitrogens is 4. The van der Waals surface area contributed by atoms with Gasteiger partial charge in [-0.15, -0.1) is 5.10 Å². The molecule has 0 aliphatic carbocycles. The number of tetrazole rings is 1. The maximum atomic E-state index is 5.01. The molecule has 6 nitrogen and oxygen atoms in total. The molecule has 0 bridgehead atoms. The third kappa shape index (κ3) is 3.20. The van der Waals surface area contributed by atoms with Crippen molar-refractivity contribution >= 4 is 0 Å². The zero-order valence-electron chi connectivity index (χ0n) is 12.5. The van der Waals surface area contributed by atoms with Crippen molar-refractivity contribution in [2.24, 2.45) is 0 Å². The van der Waals surface area contributed by atoms with Gasteiger partial charge in [-0.05, 0) is 42.3 Å². The van der Waals surface area contributed by atoms with Gasteiger partial charge in [0, 0.05) is 13.7 Å². The van der Waals surface area contributed by atoms with E-state index < -0.39 is 0 Å². The Hall–Kier alpha value is -1.79. The van der Waals surface area contributed by atoms with Crippen LogP contribution in [0.1, 0.15) is 22.5 Å². The monoisotopic (exact) mass is 275 g/mol. The van der Waals surface area contributed by atoms with Crippen LogP contribution in [0.4, 0.5) is 0 Å². The summed E-state index contributed by atoms with van der Waals surface area (Å²) in [6.45, 7) is 8.32. The van der Waals surface area contributed by atoms with E-state index in [-0.39, 0.29) is 0 Å². The fraction of sp³-hybridized carbons (Fsp3) is 0.500. The predicted octanol–water partition coefficient (Wildman–Crippen LogP) is 1.32. The molecule has 0 atom stereocenters. The summed E-state index contributed by atoms with van der Waals surface area (Å²) in [4.78, 5) is 0. The van der Waals surface area contributed by atoms with Gasteiger partial charge in [0.25, 0.3) is 0 Å². The maximum Gasteiger partial charge on any atom is 0.170 e. The molecule has 0 saturated carbocycles. The van der Waals surface area contributed by atoms with Gasteiger partial charge < -0.3 is 10.1 Å². The summed E-state index contributed by atoms with van der Waals surface area (Å²) in [6, 6.07) is 4.29. The Balaban J connectivity index is 2.24. The molecule has 108 valence electrons. The van der Waals surface area contributed by atoms with E-state index in [1.807, 2.05) is 4.68 Å². The molecule has 0 radical (unpaired) electrons. The third-order valence-electron chi connectivity index (χ3n) is 3.15. The highest BCUT2D eigenvalue weighted by atomic mass is 16.5. The molecule has 1 heterocycles. The molecule has 1 N–H and O–H groups in total. The molecule has 0 amide bonds. The molecule has 20 heavy (non-hydrogen) atoms. The maximum absolute atomic E-state index is 5.01. The fourth-order valence-electron chi connectivity index (χ4n) is 2.37. The average molecular weight is 275 g/mol. The van der Waals surface area contributed by atoms with Crippen LogP contribution in [-0.2, 0) is 11.3 Å². The number of methoxy groups -OCH3 is 1. The van der Waals surface area contributed by atoms with Crippen LogP contribution >= 0.6 is 0 Å². The SMILES string of the molecule is COCCNCc1nnnn1-c1c(C)cc(C)cc1C. The van der Waals surface area contributed by atoms with Gasteiger partial charge in [0.2, 0.25) is 0 Å². The van der Waals surface area contributed by atoms with Crippen molar-refractivity contribution in [3.8, 4) is 5.69 Å². The topological polar surface area (TPSA) is 64.9 Å². The van der Waals surface area contributed by atoms with Crippen molar-refractivity contribution in [3.05, 3.63) is 34.6 Å². The molecule has 1 aromatic heterocycles. The zero-order valence-corrected chi connectivity index (χ0v) is 12.5. The van der Waals surface area contributed by atoms with Crippen LogP contribution in [0.25, 0.3) is 5.69 Å². The molecule has 0 spiro atoms. The number of aryl methyl sites for hydroxylation is 3. The summed E-state index contributed by atoms with van der Waals surface area (Å²) >= 11 is 0. The number of ether oxygens (including phenoxy) is 1. The van der Waals surface area contributed by atoms with Crippen molar-refractivity contribution in [3.63, 3.8) is 0 Å². The summed E-state index contributed by atoms with van der Waals surface area (Å²) in [6.07, 6.45) is 0. The van der Waals surface area contributed by atoms with Crippen molar-refractivity contribution in [1.29, 1.82) is 0 Å². The van der Waals surface area contributed by atoms with Crippen LogP contribution in [0.3, 0.4) is 0 Å². The first-order chi connectivity index (χ1) is 9.63. The number of benzene rings is 1. The van der Waals surface area contributed by atoms with E-state index in [4.69, 9.17) is 4.74 Å². The van der Waals surface area contributed by atoms with Crippen LogP contribution in [0, 0.1) is 20.8 Å². The second-order valence-corrected chi connectivity index (χ2v) is 4.92. The first-order valence-electron chi connectivity index (χ1n) is 6.68. The van der Waals surface area contributed by atoms with E-state index in [9.17, 15) is 0 Å². The minimum absolute atomic E-state index is 0.614. The van der Waals surface area contributed by atoms with Gasteiger partial charge in [-0.25, -0.2) is 0 Å². The lowest BCUT2D eigenvalue weighted by Crippen LogP contribution is -2.21. The van der Waals surface area contributed by atoms with Crippen molar-refractivity contribution in [2.45, 2.75) is 27.3 Å². The Bertz CT molecular complexity index is 556. The van der Waals surface area contributed by atoms with Gasteiger partial charge in [-0.3, -0.25) is 0 Å². The minimum Gasteiger partial charge on any atom is -0.383 e. The van der Waals surface area contributed by atoms with Crippen LogP contribution in [0.5, 0.6) is 0 Å². The quantitative estimate of drug-likeness (QED) is 0.806. The fourth-order valence-corrected chi connectivity index (χ4v) is 2.37. The van der Waals surface area contributed by atoms with Gasteiger partial charge in [0.05, 0.1) is 18.8 Å². The van der Waals surface area contributed by atoms with Crippen LogP contribution < -0.4 is 5.32 Å². The Morgan fingerprint density at radius 2 is 1.90 bits per heavy atom. The van der Waals surface area contributed by atoms with Crippen molar-refractivity contribution < 1.29 is 4.74 Å². The lowest BCUT2D eigenvalue weighted by atomic mass is 10.1. The smallest absolute Gasteiger partial charge is 0.170 e. The van der Waals surface area contributed by atoms with Crippen LogP contribution in [0.2, 0.25) is 0 Å². The van der Waals surface area contributed by atoms with Gasteiger partial charge in [0.15, 0.2) is 5.82 Å². The van der Waals surface area contributed by atoms with E-state index in [1.165, 1.54) is 16.7 Å².